The molecule has 0 radical (unpaired) electrons. The predicted molar refractivity (Wildman–Crippen MR) is 114 cm³/mol. The number of amides is 1. The van der Waals surface area contributed by atoms with Crippen LogP contribution in [0.4, 0.5) is 0 Å². The van der Waals surface area contributed by atoms with E-state index in [4.69, 9.17) is 4.74 Å². The van der Waals surface area contributed by atoms with E-state index in [2.05, 4.69) is 18.2 Å². The van der Waals surface area contributed by atoms with Gasteiger partial charge in [0.15, 0.2) is 0 Å². The molecule has 1 amide bonds. The largest absolute Gasteiger partial charge is 0.489 e. The second-order valence-corrected chi connectivity index (χ2v) is 6.71. The van der Waals surface area contributed by atoms with E-state index in [1.54, 1.807) is 12.1 Å². The highest BCUT2D eigenvalue weighted by atomic mass is 16.5. The standard InChI is InChI=1S/C25H24N2O2/c1-2-27(16-15-20-9-4-3-5-10-20)25(28)21-13-8-14-24(17-21)29-19-23-12-7-6-11-22(23)18-26/h3-14,17H,2,15-16,19H2,1H3. The molecule has 0 saturated heterocycles. The molecule has 29 heavy (non-hydrogen) atoms. The van der Waals surface area contributed by atoms with E-state index >= 15 is 0 Å². The predicted octanol–water partition coefficient (Wildman–Crippen LogP) is 4.84. The summed E-state index contributed by atoms with van der Waals surface area (Å²) in [6, 6.07) is 26.9. The molecule has 3 rings (SSSR count). The van der Waals surface area contributed by atoms with Gasteiger partial charge in [-0.1, -0.05) is 54.6 Å². The topological polar surface area (TPSA) is 53.3 Å². The first-order valence-corrected chi connectivity index (χ1v) is 9.75. The summed E-state index contributed by atoms with van der Waals surface area (Å²) in [6.45, 7) is 3.58. The van der Waals surface area contributed by atoms with Crippen molar-refractivity contribution in [1.82, 2.24) is 4.90 Å². The van der Waals surface area contributed by atoms with Crippen LogP contribution in [0.2, 0.25) is 0 Å². The minimum atomic E-state index is -0.00805. The van der Waals surface area contributed by atoms with Gasteiger partial charge in [0, 0.05) is 24.2 Å². The summed E-state index contributed by atoms with van der Waals surface area (Å²) in [6.07, 6.45) is 0.821. The Morgan fingerprint density at radius 2 is 1.76 bits per heavy atom. The summed E-state index contributed by atoms with van der Waals surface area (Å²) in [5.41, 5.74) is 3.24. The molecule has 0 aliphatic carbocycles. The number of ether oxygens (including phenoxy) is 1. The minimum Gasteiger partial charge on any atom is -0.489 e. The van der Waals surface area contributed by atoms with Crippen molar-refractivity contribution in [3.05, 3.63) is 101 Å². The zero-order chi connectivity index (χ0) is 20.5. The Bertz CT molecular complexity index is 993. The van der Waals surface area contributed by atoms with E-state index in [0.29, 0.717) is 30.0 Å². The third-order valence-corrected chi connectivity index (χ3v) is 4.80. The van der Waals surface area contributed by atoms with E-state index < -0.39 is 0 Å². The molecule has 4 nitrogen and oxygen atoms in total. The van der Waals surface area contributed by atoms with Gasteiger partial charge in [-0.15, -0.1) is 0 Å². The Morgan fingerprint density at radius 3 is 2.52 bits per heavy atom. The number of likely N-dealkylation sites (N-methyl/N-ethyl adjacent to an activating group) is 1. The highest BCUT2D eigenvalue weighted by Gasteiger charge is 2.15. The van der Waals surface area contributed by atoms with Crippen molar-refractivity contribution in [1.29, 1.82) is 5.26 Å². The van der Waals surface area contributed by atoms with Crippen molar-refractivity contribution in [3.63, 3.8) is 0 Å². The number of carbonyl (C=O) groups excluding carboxylic acids is 1. The van der Waals surface area contributed by atoms with Crippen molar-refractivity contribution < 1.29 is 9.53 Å². The molecular weight excluding hydrogens is 360 g/mol. The van der Waals surface area contributed by atoms with Gasteiger partial charge >= 0.3 is 0 Å². The molecule has 3 aromatic rings. The van der Waals surface area contributed by atoms with Gasteiger partial charge in [-0.3, -0.25) is 4.79 Å². The lowest BCUT2D eigenvalue weighted by molar-refractivity contribution is 0.0765. The number of hydrogen-bond donors (Lipinski definition) is 0. The van der Waals surface area contributed by atoms with E-state index in [1.807, 2.05) is 66.4 Å². The molecule has 0 N–H and O–H groups in total. The Morgan fingerprint density at radius 1 is 1.00 bits per heavy atom. The van der Waals surface area contributed by atoms with Crippen molar-refractivity contribution in [2.75, 3.05) is 13.1 Å². The highest BCUT2D eigenvalue weighted by Crippen LogP contribution is 2.18. The first-order valence-electron chi connectivity index (χ1n) is 9.75. The Kier molecular flexibility index (Phi) is 7.02. The van der Waals surface area contributed by atoms with Crippen LogP contribution in [0.25, 0.3) is 0 Å². The molecule has 0 fully saturated rings. The van der Waals surface area contributed by atoms with Crippen LogP contribution in [0.3, 0.4) is 0 Å². The van der Waals surface area contributed by atoms with Crippen LogP contribution in [-0.2, 0) is 13.0 Å². The average Bonchev–Trinajstić information content (AvgIpc) is 2.79. The van der Waals surface area contributed by atoms with Crippen LogP contribution in [0, 0.1) is 11.3 Å². The smallest absolute Gasteiger partial charge is 0.253 e. The number of benzene rings is 3. The van der Waals surface area contributed by atoms with Gasteiger partial charge in [-0.05, 0) is 43.2 Å². The molecule has 0 bridgehead atoms. The molecule has 0 saturated carbocycles. The lowest BCUT2D eigenvalue weighted by Gasteiger charge is -2.21. The average molecular weight is 384 g/mol. The maximum Gasteiger partial charge on any atom is 0.253 e. The van der Waals surface area contributed by atoms with E-state index in [-0.39, 0.29) is 12.5 Å². The lowest BCUT2D eigenvalue weighted by atomic mass is 10.1. The van der Waals surface area contributed by atoms with Gasteiger partial charge in [0.05, 0.1) is 11.6 Å². The van der Waals surface area contributed by atoms with Crippen LogP contribution in [-0.4, -0.2) is 23.9 Å². The van der Waals surface area contributed by atoms with Crippen LogP contribution in [0.5, 0.6) is 5.75 Å². The fraction of sp³-hybridized carbons (Fsp3) is 0.200. The molecule has 0 atom stereocenters. The van der Waals surface area contributed by atoms with E-state index in [9.17, 15) is 10.1 Å². The first-order chi connectivity index (χ1) is 14.2. The summed E-state index contributed by atoms with van der Waals surface area (Å²) in [7, 11) is 0. The number of carbonyl (C=O) groups is 1. The van der Waals surface area contributed by atoms with Gasteiger partial charge < -0.3 is 9.64 Å². The fourth-order valence-corrected chi connectivity index (χ4v) is 3.13. The van der Waals surface area contributed by atoms with Crippen molar-refractivity contribution in [2.24, 2.45) is 0 Å². The Hall–Kier alpha value is -3.58. The first kappa shape index (κ1) is 20.2. The molecule has 0 aliphatic heterocycles. The summed E-state index contributed by atoms with van der Waals surface area (Å²) in [5, 5.41) is 9.20. The van der Waals surface area contributed by atoms with E-state index in [0.717, 1.165) is 12.0 Å². The van der Waals surface area contributed by atoms with Gasteiger partial charge in [0.25, 0.3) is 5.91 Å². The monoisotopic (exact) mass is 384 g/mol. The van der Waals surface area contributed by atoms with Gasteiger partial charge in [0.2, 0.25) is 0 Å². The Balaban J connectivity index is 1.65. The fourth-order valence-electron chi connectivity index (χ4n) is 3.13. The SMILES string of the molecule is CCN(CCc1ccccc1)C(=O)c1cccc(OCc2ccccc2C#N)c1. The van der Waals surface area contributed by atoms with Crippen LogP contribution >= 0.6 is 0 Å². The second-order valence-electron chi connectivity index (χ2n) is 6.71. The van der Waals surface area contributed by atoms with Crippen molar-refractivity contribution >= 4 is 5.91 Å². The van der Waals surface area contributed by atoms with Gasteiger partial charge in [-0.25, -0.2) is 0 Å². The van der Waals surface area contributed by atoms with Crippen molar-refractivity contribution in [2.45, 2.75) is 20.0 Å². The molecule has 0 aromatic heterocycles. The number of hydrogen-bond acceptors (Lipinski definition) is 3. The number of nitrogens with zero attached hydrogens (tertiary/aromatic N) is 2. The van der Waals surface area contributed by atoms with Crippen LogP contribution in [0.1, 0.15) is 34.0 Å². The maximum atomic E-state index is 13.0. The third-order valence-electron chi connectivity index (χ3n) is 4.80. The summed E-state index contributed by atoms with van der Waals surface area (Å²) < 4.78 is 5.85. The zero-order valence-electron chi connectivity index (χ0n) is 16.5. The zero-order valence-corrected chi connectivity index (χ0v) is 16.5. The quantitative estimate of drug-likeness (QED) is 0.558. The molecule has 146 valence electrons. The molecule has 4 heteroatoms. The molecule has 0 spiro atoms. The molecule has 0 unspecified atom stereocenters. The van der Waals surface area contributed by atoms with Crippen molar-refractivity contribution in [3.8, 4) is 11.8 Å². The van der Waals surface area contributed by atoms with Gasteiger partial charge in [0.1, 0.15) is 12.4 Å². The van der Waals surface area contributed by atoms with E-state index in [1.165, 1.54) is 5.56 Å². The highest BCUT2D eigenvalue weighted by molar-refractivity contribution is 5.94. The second kappa shape index (κ2) is 10.1. The molecule has 0 heterocycles. The summed E-state index contributed by atoms with van der Waals surface area (Å²) >= 11 is 0. The normalized spacial score (nSPS) is 10.2. The summed E-state index contributed by atoms with van der Waals surface area (Å²) in [4.78, 5) is 14.8. The number of nitriles is 1. The number of rotatable bonds is 8. The van der Waals surface area contributed by atoms with Gasteiger partial charge in [-0.2, -0.15) is 5.26 Å². The maximum absolute atomic E-state index is 13.0. The van der Waals surface area contributed by atoms with Crippen LogP contribution in [0.15, 0.2) is 78.9 Å². The Labute approximate surface area is 172 Å². The molecular formula is C25H24N2O2. The molecule has 3 aromatic carbocycles. The third kappa shape index (κ3) is 5.46. The van der Waals surface area contributed by atoms with Crippen LogP contribution < -0.4 is 4.74 Å². The minimum absolute atomic E-state index is 0.00805. The lowest BCUT2D eigenvalue weighted by Crippen LogP contribution is -2.32. The summed E-state index contributed by atoms with van der Waals surface area (Å²) in [5.74, 6) is 0.606. The molecule has 0 aliphatic rings.